The molecule has 1 aromatic carbocycles. The van der Waals surface area contributed by atoms with E-state index in [1.807, 2.05) is 6.92 Å². The summed E-state index contributed by atoms with van der Waals surface area (Å²) in [7, 11) is 0. The van der Waals surface area contributed by atoms with Crippen LogP contribution in [0.1, 0.15) is 19.8 Å². The van der Waals surface area contributed by atoms with Gasteiger partial charge in [0.15, 0.2) is 0 Å². The van der Waals surface area contributed by atoms with Crippen molar-refractivity contribution >= 4 is 23.0 Å². The van der Waals surface area contributed by atoms with Crippen molar-refractivity contribution < 1.29 is 14.1 Å². The summed E-state index contributed by atoms with van der Waals surface area (Å²) in [5.41, 5.74) is -0.0573. The number of nitro groups is 1. The number of rotatable bonds is 5. The van der Waals surface area contributed by atoms with Gasteiger partial charge in [0.25, 0.3) is 5.69 Å². The molecule has 1 saturated carbocycles. The highest BCUT2D eigenvalue weighted by atomic mass is 35.5. The summed E-state index contributed by atoms with van der Waals surface area (Å²) in [4.78, 5) is 10.2. The summed E-state index contributed by atoms with van der Waals surface area (Å²) >= 11 is 5.65. The predicted molar refractivity (Wildman–Crippen MR) is 70.1 cm³/mol. The van der Waals surface area contributed by atoms with Gasteiger partial charge in [0, 0.05) is 12.6 Å². The lowest BCUT2D eigenvalue weighted by molar-refractivity contribution is -0.384. The molecule has 0 spiro atoms. The lowest BCUT2D eigenvalue weighted by atomic mass is 9.89. The van der Waals surface area contributed by atoms with Crippen LogP contribution in [0.4, 0.5) is 15.8 Å². The minimum absolute atomic E-state index is 0.0942. The van der Waals surface area contributed by atoms with E-state index in [0.29, 0.717) is 6.61 Å². The van der Waals surface area contributed by atoms with Gasteiger partial charge in [-0.2, -0.15) is 0 Å². The molecule has 19 heavy (non-hydrogen) atoms. The molecule has 0 heterocycles. The Labute approximate surface area is 114 Å². The maximum Gasteiger partial charge on any atom is 0.295 e. The molecular weight excluding hydrogens is 275 g/mol. The average molecular weight is 289 g/mol. The number of halogens is 2. The Morgan fingerprint density at radius 2 is 2.26 bits per heavy atom. The molecule has 0 atom stereocenters. The minimum Gasteiger partial charge on any atom is -0.378 e. The van der Waals surface area contributed by atoms with E-state index in [-0.39, 0.29) is 28.5 Å². The number of ether oxygens (including phenoxy) is 1. The zero-order chi connectivity index (χ0) is 14.0. The van der Waals surface area contributed by atoms with E-state index in [9.17, 15) is 14.5 Å². The summed E-state index contributed by atoms with van der Waals surface area (Å²) < 4.78 is 18.6. The van der Waals surface area contributed by atoms with Crippen LogP contribution >= 0.6 is 11.6 Å². The Morgan fingerprint density at radius 1 is 1.58 bits per heavy atom. The lowest BCUT2D eigenvalue weighted by Gasteiger charge is -2.35. The number of hydrogen-bond acceptors (Lipinski definition) is 4. The van der Waals surface area contributed by atoms with Gasteiger partial charge in [-0.3, -0.25) is 10.1 Å². The van der Waals surface area contributed by atoms with Crippen molar-refractivity contribution in [3.05, 3.63) is 33.1 Å². The third-order valence-corrected chi connectivity index (χ3v) is 3.38. The van der Waals surface area contributed by atoms with Crippen LogP contribution in [0.15, 0.2) is 12.1 Å². The molecule has 1 aliphatic rings. The van der Waals surface area contributed by atoms with Crippen LogP contribution < -0.4 is 5.32 Å². The van der Waals surface area contributed by atoms with Crippen LogP contribution in [0.2, 0.25) is 5.02 Å². The first-order valence-corrected chi connectivity index (χ1v) is 6.40. The van der Waals surface area contributed by atoms with Crippen LogP contribution in [-0.2, 0) is 4.74 Å². The Balaban J connectivity index is 2.08. The zero-order valence-electron chi connectivity index (χ0n) is 10.4. The molecule has 2 rings (SSSR count). The Kier molecular flexibility index (Phi) is 4.21. The second-order valence-corrected chi connectivity index (χ2v) is 4.84. The number of benzene rings is 1. The Hall–Kier alpha value is -1.40. The quantitative estimate of drug-likeness (QED) is 0.666. The predicted octanol–water partition coefficient (Wildman–Crippen LogP) is 3.37. The van der Waals surface area contributed by atoms with Gasteiger partial charge in [-0.25, -0.2) is 4.39 Å². The smallest absolute Gasteiger partial charge is 0.295 e. The van der Waals surface area contributed by atoms with Crippen LogP contribution in [0, 0.1) is 15.9 Å². The molecular formula is C12H14ClFN2O3. The number of nitrogens with one attached hydrogen (secondary N) is 1. The van der Waals surface area contributed by atoms with Crippen molar-refractivity contribution in [3.8, 4) is 0 Å². The standard InChI is InChI=1S/C12H14ClFN2O3/c1-2-19-8-3-7(4-8)15-11-5-9(13)10(14)6-12(11)16(17)18/h5-8,15H,2-4H2,1H3. The van der Waals surface area contributed by atoms with Crippen molar-refractivity contribution in [3.63, 3.8) is 0 Å². The van der Waals surface area contributed by atoms with Crippen LogP contribution in [0.5, 0.6) is 0 Å². The molecule has 1 aromatic rings. The number of anilines is 1. The first kappa shape index (κ1) is 14.0. The van der Waals surface area contributed by atoms with Gasteiger partial charge in [-0.15, -0.1) is 0 Å². The van der Waals surface area contributed by atoms with Crippen LogP contribution in [0.3, 0.4) is 0 Å². The normalized spacial score (nSPS) is 21.8. The molecule has 0 amide bonds. The summed E-state index contributed by atoms with van der Waals surface area (Å²) in [6, 6.07) is 2.18. The molecule has 0 aliphatic heterocycles. The summed E-state index contributed by atoms with van der Waals surface area (Å²) in [6.07, 6.45) is 1.75. The third-order valence-electron chi connectivity index (χ3n) is 3.09. The van der Waals surface area contributed by atoms with Crippen molar-refractivity contribution in [2.24, 2.45) is 0 Å². The molecule has 1 fully saturated rings. The molecule has 1 aliphatic carbocycles. The Morgan fingerprint density at radius 3 is 2.84 bits per heavy atom. The summed E-state index contributed by atoms with van der Waals surface area (Å²) in [5, 5.41) is 13.8. The largest absolute Gasteiger partial charge is 0.378 e. The molecule has 0 bridgehead atoms. The van der Waals surface area contributed by atoms with Gasteiger partial charge >= 0.3 is 0 Å². The molecule has 104 valence electrons. The maximum atomic E-state index is 13.2. The second kappa shape index (κ2) is 5.71. The first-order valence-electron chi connectivity index (χ1n) is 6.02. The molecule has 0 radical (unpaired) electrons. The SMILES string of the molecule is CCOC1CC(Nc2cc(Cl)c(F)cc2[N+](=O)[O-])C1. The highest BCUT2D eigenvalue weighted by Crippen LogP contribution is 2.34. The fourth-order valence-electron chi connectivity index (χ4n) is 2.08. The molecule has 0 saturated heterocycles. The Bertz CT molecular complexity index is 492. The average Bonchev–Trinajstić information content (AvgIpc) is 2.30. The van der Waals surface area contributed by atoms with E-state index in [4.69, 9.17) is 16.3 Å². The van der Waals surface area contributed by atoms with Crippen molar-refractivity contribution in [2.45, 2.75) is 31.9 Å². The van der Waals surface area contributed by atoms with Crippen LogP contribution in [-0.4, -0.2) is 23.7 Å². The first-order chi connectivity index (χ1) is 9.01. The van der Waals surface area contributed by atoms with Gasteiger partial charge in [-0.05, 0) is 25.8 Å². The minimum atomic E-state index is -0.792. The van der Waals surface area contributed by atoms with Gasteiger partial charge in [0.05, 0.1) is 22.1 Å². The lowest BCUT2D eigenvalue weighted by Crippen LogP contribution is -2.40. The van der Waals surface area contributed by atoms with E-state index in [2.05, 4.69) is 5.32 Å². The number of hydrogen-bond donors (Lipinski definition) is 1. The number of nitro benzene ring substituents is 1. The van der Waals surface area contributed by atoms with Gasteiger partial charge in [0.1, 0.15) is 11.5 Å². The van der Waals surface area contributed by atoms with Crippen molar-refractivity contribution in [1.82, 2.24) is 0 Å². The molecule has 0 aromatic heterocycles. The molecule has 1 N–H and O–H groups in total. The molecule has 5 nitrogen and oxygen atoms in total. The second-order valence-electron chi connectivity index (χ2n) is 4.43. The highest BCUT2D eigenvalue weighted by molar-refractivity contribution is 6.31. The maximum absolute atomic E-state index is 13.2. The van der Waals surface area contributed by atoms with Gasteiger partial charge in [-0.1, -0.05) is 11.6 Å². The van der Waals surface area contributed by atoms with E-state index in [0.717, 1.165) is 18.9 Å². The summed E-state index contributed by atoms with van der Waals surface area (Å²) in [6.45, 7) is 2.57. The van der Waals surface area contributed by atoms with E-state index in [1.165, 1.54) is 6.07 Å². The number of nitrogens with zero attached hydrogens (tertiary/aromatic N) is 1. The highest BCUT2D eigenvalue weighted by Gasteiger charge is 2.31. The topological polar surface area (TPSA) is 64.4 Å². The monoisotopic (exact) mass is 288 g/mol. The van der Waals surface area contributed by atoms with E-state index in [1.54, 1.807) is 0 Å². The van der Waals surface area contributed by atoms with Gasteiger partial charge in [0.2, 0.25) is 0 Å². The van der Waals surface area contributed by atoms with Crippen LogP contribution in [0.25, 0.3) is 0 Å². The van der Waals surface area contributed by atoms with Gasteiger partial charge < -0.3 is 10.1 Å². The van der Waals surface area contributed by atoms with E-state index >= 15 is 0 Å². The van der Waals surface area contributed by atoms with Crippen molar-refractivity contribution in [2.75, 3.05) is 11.9 Å². The van der Waals surface area contributed by atoms with E-state index < -0.39 is 10.7 Å². The summed E-state index contributed by atoms with van der Waals surface area (Å²) in [5.74, 6) is -0.792. The van der Waals surface area contributed by atoms with Crippen molar-refractivity contribution in [1.29, 1.82) is 0 Å². The zero-order valence-corrected chi connectivity index (χ0v) is 11.1. The fourth-order valence-corrected chi connectivity index (χ4v) is 2.24. The fraction of sp³-hybridized carbons (Fsp3) is 0.500. The third kappa shape index (κ3) is 3.13. The molecule has 7 heteroatoms. The molecule has 0 unspecified atom stereocenters.